The molecule has 1 aromatic carbocycles. The van der Waals surface area contributed by atoms with E-state index in [4.69, 9.17) is 0 Å². The molecule has 3 aromatic rings. The van der Waals surface area contributed by atoms with E-state index in [2.05, 4.69) is 15.0 Å². The number of hydrogen-bond donors (Lipinski definition) is 1. The number of carbonyl (C=O) groups excluding carboxylic acids is 1. The van der Waals surface area contributed by atoms with E-state index in [1.54, 1.807) is 30.0 Å². The number of aryl methyl sites for hydroxylation is 2. The smallest absolute Gasteiger partial charge is 0.261 e. The Morgan fingerprint density at radius 2 is 1.96 bits per heavy atom. The van der Waals surface area contributed by atoms with Crippen molar-refractivity contribution in [3.8, 4) is 0 Å². The van der Waals surface area contributed by atoms with Crippen LogP contribution in [0.25, 0.3) is 10.9 Å². The first-order valence-corrected chi connectivity index (χ1v) is 9.33. The van der Waals surface area contributed by atoms with Crippen molar-refractivity contribution in [2.24, 2.45) is 0 Å². The molecule has 0 fully saturated rings. The molecule has 8 heteroatoms. The summed E-state index contributed by atoms with van der Waals surface area (Å²) in [5.74, 6) is 0.549. The fourth-order valence-corrected chi connectivity index (χ4v) is 3.62. The fourth-order valence-electron chi connectivity index (χ4n) is 3.62. The van der Waals surface area contributed by atoms with Gasteiger partial charge in [0.2, 0.25) is 5.91 Å². The van der Waals surface area contributed by atoms with Gasteiger partial charge in [0.25, 0.3) is 11.1 Å². The molecule has 8 nitrogen and oxygen atoms in total. The van der Waals surface area contributed by atoms with E-state index >= 15 is 0 Å². The molecule has 1 aliphatic heterocycles. The van der Waals surface area contributed by atoms with Crippen molar-refractivity contribution in [1.82, 2.24) is 24.4 Å². The number of amides is 1. The van der Waals surface area contributed by atoms with Gasteiger partial charge in [0, 0.05) is 38.0 Å². The molecule has 1 amide bonds. The number of nitrogens with one attached hydrogen (secondary N) is 1. The molecule has 3 heterocycles. The summed E-state index contributed by atoms with van der Waals surface area (Å²) in [4.78, 5) is 50.5. The second-order valence-electron chi connectivity index (χ2n) is 6.97. The molecule has 144 valence electrons. The molecule has 1 aliphatic rings. The maximum absolute atomic E-state index is 12.7. The van der Waals surface area contributed by atoms with E-state index in [1.807, 2.05) is 6.07 Å². The van der Waals surface area contributed by atoms with E-state index < -0.39 is 0 Å². The van der Waals surface area contributed by atoms with E-state index in [1.165, 1.54) is 10.9 Å². The number of benzene rings is 1. The molecular weight excluding hydrogens is 358 g/mol. The second-order valence-corrected chi connectivity index (χ2v) is 6.97. The van der Waals surface area contributed by atoms with Gasteiger partial charge in [-0.2, -0.15) is 0 Å². The van der Waals surface area contributed by atoms with E-state index in [-0.39, 0.29) is 30.0 Å². The van der Waals surface area contributed by atoms with Crippen LogP contribution >= 0.6 is 0 Å². The average molecular weight is 379 g/mol. The molecule has 1 N–H and O–H groups in total. The van der Waals surface area contributed by atoms with Crippen LogP contribution < -0.4 is 11.1 Å². The first-order valence-electron chi connectivity index (χ1n) is 9.33. The molecule has 0 unspecified atom stereocenters. The minimum atomic E-state index is -0.145. The Morgan fingerprint density at radius 3 is 2.82 bits per heavy atom. The van der Waals surface area contributed by atoms with Gasteiger partial charge < -0.3 is 9.88 Å². The minimum Gasteiger partial charge on any atom is -0.342 e. The molecule has 0 atom stereocenters. The summed E-state index contributed by atoms with van der Waals surface area (Å²) in [5, 5.41) is 0.545. The molecule has 0 saturated heterocycles. The summed E-state index contributed by atoms with van der Waals surface area (Å²) < 4.78 is 1.47. The number of aromatic amines is 1. The summed E-state index contributed by atoms with van der Waals surface area (Å²) in [6.45, 7) is 3.03. The molecule has 28 heavy (non-hydrogen) atoms. The highest BCUT2D eigenvalue weighted by molar-refractivity contribution is 5.77. The number of para-hydroxylation sites is 1. The third-order valence-electron chi connectivity index (χ3n) is 5.12. The fraction of sp³-hybridized carbons (Fsp3) is 0.350. The summed E-state index contributed by atoms with van der Waals surface area (Å²) in [6, 6.07) is 7.16. The summed E-state index contributed by atoms with van der Waals surface area (Å²) >= 11 is 0. The largest absolute Gasteiger partial charge is 0.342 e. The van der Waals surface area contributed by atoms with Gasteiger partial charge in [-0.1, -0.05) is 12.1 Å². The molecular formula is C20H21N5O3. The quantitative estimate of drug-likeness (QED) is 0.726. The van der Waals surface area contributed by atoms with E-state index in [9.17, 15) is 14.4 Å². The Balaban J connectivity index is 1.45. The van der Waals surface area contributed by atoms with Crippen LogP contribution in [0.5, 0.6) is 0 Å². The van der Waals surface area contributed by atoms with Gasteiger partial charge in [-0.3, -0.25) is 19.0 Å². The lowest BCUT2D eigenvalue weighted by Gasteiger charge is -2.20. The van der Waals surface area contributed by atoms with Crippen molar-refractivity contribution in [3.63, 3.8) is 0 Å². The lowest BCUT2D eigenvalue weighted by Crippen LogP contribution is -2.34. The molecule has 0 spiro atoms. The maximum Gasteiger partial charge on any atom is 0.261 e. The highest BCUT2D eigenvalue weighted by Crippen LogP contribution is 2.12. The van der Waals surface area contributed by atoms with Crippen LogP contribution in [0.2, 0.25) is 0 Å². The van der Waals surface area contributed by atoms with Crippen molar-refractivity contribution < 1.29 is 4.79 Å². The van der Waals surface area contributed by atoms with Crippen LogP contribution in [0, 0.1) is 6.92 Å². The Labute approximate surface area is 160 Å². The van der Waals surface area contributed by atoms with E-state index in [0.717, 1.165) is 5.69 Å². The first kappa shape index (κ1) is 18.1. The predicted octanol–water partition coefficient (Wildman–Crippen LogP) is 0.806. The highest BCUT2D eigenvalue weighted by atomic mass is 16.2. The predicted molar refractivity (Wildman–Crippen MR) is 104 cm³/mol. The van der Waals surface area contributed by atoms with Crippen molar-refractivity contribution in [2.45, 2.75) is 32.7 Å². The van der Waals surface area contributed by atoms with Crippen molar-refractivity contribution >= 4 is 16.8 Å². The lowest BCUT2D eigenvalue weighted by molar-refractivity contribution is -0.131. The molecule has 0 saturated carbocycles. The standard InChI is InChI=1S/C20H21N5O3/c1-13-22-17-7-10-24(9-6-14(17)19(27)23-13)18(26)8-11-25-12-21-16-5-3-2-4-15(16)20(25)28/h2-5,12H,6-11H2,1H3,(H,22,23,27). The van der Waals surface area contributed by atoms with Crippen molar-refractivity contribution in [3.05, 3.63) is 68.4 Å². The zero-order chi connectivity index (χ0) is 19.7. The van der Waals surface area contributed by atoms with Gasteiger partial charge in [0.15, 0.2) is 0 Å². The maximum atomic E-state index is 12.7. The van der Waals surface area contributed by atoms with Gasteiger partial charge in [0.05, 0.1) is 22.9 Å². The van der Waals surface area contributed by atoms with Gasteiger partial charge in [-0.25, -0.2) is 9.97 Å². The second kappa shape index (κ2) is 7.38. The highest BCUT2D eigenvalue weighted by Gasteiger charge is 2.21. The van der Waals surface area contributed by atoms with Crippen LogP contribution in [0.15, 0.2) is 40.2 Å². The number of carbonyl (C=O) groups is 1. The van der Waals surface area contributed by atoms with Gasteiger partial charge in [-0.05, 0) is 25.5 Å². The Bertz CT molecular complexity index is 1160. The molecule has 0 bridgehead atoms. The van der Waals surface area contributed by atoms with Crippen LogP contribution in [-0.4, -0.2) is 43.4 Å². The monoisotopic (exact) mass is 379 g/mol. The van der Waals surface area contributed by atoms with Crippen molar-refractivity contribution in [2.75, 3.05) is 13.1 Å². The minimum absolute atomic E-state index is 0.0407. The Hall–Kier alpha value is -3.29. The number of nitrogens with zero attached hydrogens (tertiary/aromatic N) is 4. The first-order chi connectivity index (χ1) is 13.5. The van der Waals surface area contributed by atoms with Crippen LogP contribution in [0.4, 0.5) is 0 Å². The zero-order valence-electron chi connectivity index (χ0n) is 15.6. The number of H-pyrrole nitrogens is 1. The number of hydrogen-bond acceptors (Lipinski definition) is 5. The molecule has 4 rings (SSSR count). The van der Waals surface area contributed by atoms with Gasteiger partial charge >= 0.3 is 0 Å². The molecule has 2 aromatic heterocycles. The average Bonchev–Trinajstić information content (AvgIpc) is 2.90. The summed E-state index contributed by atoms with van der Waals surface area (Å²) in [6.07, 6.45) is 2.74. The Kier molecular flexibility index (Phi) is 4.77. The summed E-state index contributed by atoms with van der Waals surface area (Å²) in [5.41, 5.74) is 1.81. The Morgan fingerprint density at radius 1 is 1.18 bits per heavy atom. The number of aromatic nitrogens is 4. The van der Waals surface area contributed by atoms with Gasteiger partial charge in [0.1, 0.15) is 5.82 Å². The zero-order valence-corrected chi connectivity index (χ0v) is 15.6. The number of rotatable bonds is 3. The molecule has 0 radical (unpaired) electrons. The summed E-state index contributed by atoms with van der Waals surface area (Å²) in [7, 11) is 0. The van der Waals surface area contributed by atoms with Crippen molar-refractivity contribution in [1.29, 1.82) is 0 Å². The lowest BCUT2D eigenvalue weighted by atomic mass is 10.1. The SMILES string of the molecule is Cc1nc2c(c(=O)[nH]1)CCN(C(=O)CCn1cnc3ccccc3c1=O)CC2. The van der Waals surface area contributed by atoms with Crippen LogP contribution in [0.3, 0.4) is 0 Å². The molecule has 0 aliphatic carbocycles. The number of fused-ring (bicyclic) bond motifs is 2. The van der Waals surface area contributed by atoms with Gasteiger partial charge in [-0.15, -0.1) is 0 Å². The normalized spacial score (nSPS) is 14.0. The third-order valence-corrected chi connectivity index (χ3v) is 5.12. The topological polar surface area (TPSA) is 101 Å². The third kappa shape index (κ3) is 3.45. The van der Waals surface area contributed by atoms with Crippen LogP contribution in [-0.2, 0) is 24.2 Å². The van der Waals surface area contributed by atoms with Crippen LogP contribution in [0.1, 0.15) is 23.5 Å². The van der Waals surface area contributed by atoms with E-state index in [0.29, 0.717) is 48.2 Å².